The second-order valence-corrected chi connectivity index (χ2v) is 6.04. The van der Waals surface area contributed by atoms with E-state index in [0.717, 1.165) is 12.2 Å². The molecule has 0 radical (unpaired) electrons. The van der Waals surface area contributed by atoms with Gasteiger partial charge in [0.15, 0.2) is 17.9 Å². The number of pyridine rings is 1. The van der Waals surface area contributed by atoms with Crippen LogP contribution < -0.4 is 10.3 Å². The maximum absolute atomic E-state index is 6.43. The van der Waals surface area contributed by atoms with Gasteiger partial charge in [-0.05, 0) is 25.7 Å². The Morgan fingerprint density at radius 1 is 0.850 bits per heavy atom. The molecule has 0 bridgehead atoms. The molecule has 102 valence electrons. The summed E-state index contributed by atoms with van der Waals surface area (Å²) in [4.78, 5) is 0. The van der Waals surface area contributed by atoms with E-state index < -0.39 is 0 Å². The molecule has 2 aliphatic carbocycles. The maximum atomic E-state index is 6.43. The van der Waals surface area contributed by atoms with Crippen molar-refractivity contribution >= 4 is 5.69 Å². The smallest absolute Gasteiger partial charge is 0.187 e. The molecule has 2 heteroatoms. The molecule has 4 rings (SSSR count). The van der Waals surface area contributed by atoms with Gasteiger partial charge in [-0.25, -0.2) is 0 Å². The van der Waals surface area contributed by atoms with Crippen LogP contribution in [0.25, 0.3) is 0 Å². The highest BCUT2D eigenvalue weighted by Crippen LogP contribution is 2.33. The number of aromatic nitrogens is 1. The number of fused-ring (bicyclic) bond motifs is 2. The normalized spacial score (nSPS) is 16.2. The van der Waals surface area contributed by atoms with Crippen molar-refractivity contribution < 1.29 is 4.57 Å². The van der Waals surface area contributed by atoms with E-state index in [1.54, 1.807) is 0 Å². The summed E-state index contributed by atoms with van der Waals surface area (Å²) in [5, 5.41) is 0. The molecule has 0 atom stereocenters. The summed E-state index contributed by atoms with van der Waals surface area (Å²) < 4.78 is 2.58. The molecule has 2 nitrogen and oxygen atoms in total. The zero-order chi connectivity index (χ0) is 13.5. The standard InChI is InChI=1S/C18H20N2/c19-18-14-8-4-10-16(14)20(17-11-5-9-15(17)18)12-13-6-2-1-3-7-13/h1-3,6-7,19H,4-5,8-12H2/p+1. The van der Waals surface area contributed by atoms with Crippen LogP contribution in [0.5, 0.6) is 0 Å². The van der Waals surface area contributed by atoms with Crippen LogP contribution in [0.1, 0.15) is 40.9 Å². The zero-order valence-electron chi connectivity index (χ0n) is 11.9. The SMILES string of the molecule is Nc1c2c([n+](Cc3ccccc3)c3c1CCC3)CCC2. The number of benzene rings is 1. The van der Waals surface area contributed by atoms with Gasteiger partial charge in [-0.3, -0.25) is 0 Å². The first-order valence-electron chi connectivity index (χ1n) is 7.73. The maximum Gasteiger partial charge on any atom is 0.187 e. The van der Waals surface area contributed by atoms with Crippen molar-refractivity contribution in [3.63, 3.8) is 0 Å². The quantitative estimate of drug-likeness (QED) is 0.831. The Kier molecular flexibility index (Phi) is 2.76. The predicted molar refractivity (Wildman–Crippen MR) is 80.6 cm³/mol. The number of hydrogen-bond donors (Lipinski definition) is 1. The summed E-state index contributed by atoms with van der Waals surface area (Å²) in [6.07, 6.45) is 7.25. The molecule has 1 aromatic carbocycles. The number of nitrogens with zero attached hydrogens (tertiary/aromatic N) is 1. The topological polar surface area (TPSA) is 29.9 Å². The third kappa shape index (κ3) is 1.75. The van der Waals surface area contributed by atoms with Gasteiger partial charge < -0.3 is 5.73 Å². The molecule has 2 N–H and O–H groups in total. The van der Waals surface area contributed by atoms with Crippen molar-refractivity contribution in [2.45, 2.75) is 45.1 Å². The largest absolute Gasteiger partial charge is 0.398 e. The Bertz CT molecular complexity index is 624. The van der Waals surface area contributed by atoms with Gasteiger partial charge in [0.2, 0.25) is 0 Å². The molecule has 0 unspecified atom stereocenters. The molecule has 0 aliphatic heterocycles. The van der Waals surface area contributed by atoms with Crippen molar-refractivity contribution in [2.75, 3.05) is 5.73 Å². The molecule has 0 spiro atoms. The number of nitrogens with two attached hydrogens (primary N) is 1. The molecule has 1 aromatic heterocycles. The molecule has 20 heavy (non-hydrogen) atoms. The first-order chi connectivity index (χ1) is 9.84. The average molecular weight is 265 g/mol. The summed E-state index contributed by atoms with van der Waals surface area (Å²) >= 11 is 0. The third-order valence-corrected chi connectivity index (χ3v) is 4.86. The average Bonchev–Trinajstić information content (AvgIpc) is 3.14. The Hall–Kier alpha value is -1.83. The van der Waals surface area contributed by atoms with Crippen LogP contribution in [0, 0.1) is 0 Å². The Morgan fingerprint density at radius 2 is 1.45 bits per heavy atom. The van der Waals surface area contributed by atoms with E-state index in [2.05, 4.69) is 34.9 Å². The lowest BCUT2D eigenvalue weighted by molar-refractivity contribution is -0.702. The van der Waals surface area contributed by atoms with Crippen LogP contribution in [0.4, 0.5) is 5.69 Å². The van der Waals surface area contributed by atoms with Gasteiger partial charge in [0.25, 0.3) is 0 Å². The second kappa shape index (κ2) is 4.62. The van der Waals surface area contributed by atoms with Crippen LogP contribution >= 0.6 is 0 Å². The van der Waals surface area contributed by atoms with Crippen LogP contribution in [-0.2, 0) is 32.2 Å². The van der Waals surface area contributed by atoms with E-state index in [9.17, 15) is 0 Å². The van der Waals surface area contributed by atoms with E-state index in [-0.39, 0.29) is 0 Å². The molecule has 2 aliphatic rings. The Morgan fingerprint density at radius 3 is 2.05 bits per heavy atom. The van der Waals surface area contributed by atoms with Crippen molar-refractivity contribution in [1.29, 1.82) is 0 Å². The monoisotopic (exact) mass is 265 g/mol. The summed E-state index contributed by atoms with van der Waals surface area (Å²) in [6, 6.07) is 10.8. The van der Waals surface area contributed by atoms with Gasteiger partial charge in [0.05, 0.1) is 5.69 Å². The molecule has 0 saturated carbocycles. The minimum Gasteiger partial charge on any atom is -0.398 e. The van der Waals surface area contributed by atoms with Crippen LogP contribution in [0.15, 0.2) is 30.3 Å². The highest BCUT2D eigenvalue weighted by molar-refractivity contribution is 5.57. The first-order valence-corrected chi connectivity index (χ1v) is 7.73. The molecule has 0 saturated heterocycles. The minimum atomic E-state index is 1.01. The lowest BCUT2D eigenvalue weighted by Crippen LogP contribution is -2.44. The molecular weight excluding hydrogens is 244 g/mol. The lowest BCUT2D eigenvalue weighted by Gasteiger charge is -2.12. The van der Waals surface area contributed by atoms with Gasteiger partial charge in [0, 0.05) is 29.5 Å². The summed E-state index contributed by atoms with van der Waals surface area (Å²) in [5.74, 6) is 0. The van der Waals surface area contributed by atoms with Crippen LogP contribution in [0.2, 0.25) is 0 Å². The number of hydrogen-bond acceptors (Lipinski definition) is 1. The molecule has 1 heterocycles. The Balaban J connectivity index is 1.87. The minimum absolute atomic E-state index is 1.01. The number of rotatable bonds is 2. The number of nitrogen functional groups attached to an aromatic ring is 1. The third-order valence-electron chi connectivity index (χ3n) is 4.86. The predicted octanol–water partition coefficient (Wildman–Crippen LogP) is 2.58. The number of anilines is 1. The molecular formula is C18H21N2+. The van der Waals surface area contributed by atoms with Gasteiger partial charge in [-0.15, -0.1) is 0 Å². The lowest BCUT2D eigenvalue weighted by atomic mass is 10.0. The van der Waals surface area contributed by atoms with Gasteiger partial charge in [0.1, 0.15) is 0 Å². The fraction of sp³-hybridized carbons (Fsp3) is 0.389. The highest BCUT2D eigenvalue weighted by Gasteiger charge is 2.33. The van der Waals surface area contributed by atoms with Crippen molar-refractivity contribution in [2.24, 2.45) is 0 Å². The zero-order valence-corrected chi connectivity index (χ0v) is 11.9. The van der Waals surface area contributed by atoms with Gasteiger partial charge in [-0.1, -0.05) is 30.3 Å². The van der Waals surface area contributed by atoms with E-state index in [0.29, 0.717) is 0 Å². The van der Waals surface area contributed by atoms with Gasteiger partial charge >= 0.3 is 0 Å². The van der Waals surface area contributed by atoms with E-state index in [1.165, 1.54) is 66.6 Å². The molecule has 2 aromatic rings. The van der Waals surface area contributed by atoms with Crippen LogP contribution in [0.3, 0.4) is 0 Å². The fourth-order valence-electron chi connectivity index (χ4n) is 3.93. The van der Waals surface area contributed by atoms with Crippen LogP contribution in [-0.4, -0.2) is 0 Å². The summed E-state index contributed by atoms with van der Waals surface area (Å²) in [7, 11) is 0. The van der Waals surface area contributed by atoms with Crippen molar-refractivity contribution in [3.05, 3.63) is 58.4 Å². The first kappa shape index (κ1) is 12.0. The Labute approximate surface area is 120 Å². The summed E-state index contributed by atoms with van der Waals surface area (Å²) in [6.45, 7) is 1.01. The van der Waals surface area contributed by atoms with Gasteiger partial charge in [-0.2, -0.15) is 4.57 Å². The summed E-state index contributed by atoms with van der Waals surface area (Å²) in [5.41, 5.74) is 14.9. The van der Waals surface area contributed by atoms with E-state index in [1.807, 2.05) is 0 Å². The fourth-order valence-corrected chi connectivity index (χ4v) is 3.93. The van der Waals surface area contributed by atoms with Crippen molar-refractivity contribution in [3.8, 4) is 0 Å². The molecule has 0 amide bonds. The second-order valence-electron chi connectivity index (χ2n) is 6.04. The molecule has 0 fully saturated rings. The highest BCUT2D eigenvalue weighted by atomic mass is 15.0. The van der Waals surface area contributed by atoms with E-state index >= 15 is 0 Å². The van der Waals surface area contributed by atoms with E-state index in [4.69, 9.17) is 5.73 Å². The van der Waals surface area contributed by atoms with Crippen molar-refractivity contribution in [1.82, 2.24) is 0 Å².